The average molecular weight is 269 g/mol. The van der Waals surface area contributed by atoms with E-state index in [9.17, 15) is 4.79 Å². The van der Waals surface area contributed by atoms with Gasteiger partial charge in [-0.15, -0.1) is 0 Å². The van der Waals surface area contributed by atoms with Crippen LogP contribution in [0.3, 0.4) is 0 Å². The normalized spacial score (nSPS) is 13.2. The van der Waals surface area contributed by atoms with Gasteiger partial charge in [0.25, 0.3) is 5.91 Å². The molecule has 1 aromatic carbocycles. The van der Waals surface area contributed by atoms with E-state index in [1.54, 1.807) is 0 Å². The number of H-pyrrole nitrogens is 1. The zero-order chi connectivity index (χ0) is 13.9. The molecule has 1 aromatic heterocycles. The fourth-order valence-corrected chi connectivity index (χ4v) is 2.72. The zero-order valence-corrected chi connectivity index (χ0v) is 11.7. The van der Waals surface area contributed by atoms with E-state index in [1.165, 1.54) is 17.5 Å². The van der Waals surface area contributed by atoms with Gasteiger partial charge in [0.05, 0.1) is 0 Å². The number of aromatic amines is 1. The van der Waals surface area contributed by atoms with Crippen LogP contribution in [-0.2, 0) is 19.3 Å². The fraction of sp³-hybridized carbons (Fsp3) is 0.375. The largest absolute Gasteiger partial charge is 0.321 e. The Kier molecular flexibility index (Phi) is 3.54. The van der Waals surface area contributed by atoms with Crippen molar-refractivity contribution in [2.45, 2.75) is 39.0 Å². The molecule has 0 bridgehead atoms. The number of nitrogens with one attached hydrogen (secondary N) is 2. The van der Waals surface area contributed by atoms with Gasteiger partial charge in [-0.05, 0) is 55.0 Å². The van der Waals surface area contributed by atoms with Crippen LogP contribution in [0.25, 0.3) is 0 Å². The Morgan fingerprint density at radius 3 is 3.00 bits per heavy atom. The summed E-state index contributed by atoms with van der Waals surface area (Å²) in [6.07, 6.45) is 5.44. The minimum Gasteiger partial charge on any atom is -0.321 e. The molecule has 104 valence electrons. The molecule has 0 radical (unpaired) electrons. The third-order valence-corrected chi connectivity index (χ3v) is 3.74. The number of aromatic nitrogens is 2. The maximum Gasteiger partial charge on any atom is 0.276 e. The highest BCUT2D eigenvalue weighted by atomic mass is 16.1. The lowest BCUT2D eigenvalue weighted by atomic mass is 10.1. The van der Waals surface area contributed by atoms with Gasteiger partial charge in [0.1, 0.15) is 0 Å². The number of anilines is 1. The molecule has 0 unspecified atom stereocenters. The highest BCUT2D eigenvalue weighted by Gasteiger charge is 2.14. The molecule has 1 aliphatic carbocycles. The van der Waals surface area contributed by atoms with Crippen LogP contribution >= 0.6 is 0 Å². The van der Waals surface area contributed by atoms with E-state index in [0.29, 0.717) is 5.69 Å². The van der Waals surface area contributed by atoms with E-state index in [-0.39, 0.29) is 5.91 Å². The second-order valence-electron chi connectivity index (χ2n) is 5.32. The number of hydrogen-bond donors (Lipinski definition) is 2. The van der Waals surface area contributed by atoms with Crippen molar-refractivity contribution in [3.8, 4) is 0 Å². The van der Waals surface area contributed by atoms with Gasteiger partial charge in [-0.25, -0.2) is 0 Å². The van der Waals surface area contributed by atoms with Crippen molar-refractivity contribution >= 4 is 11.6 Å². The summed E-state index contributed by atoms with van der Waals surface area (Å²) in [4.78, 5) is 12.1. The Morgan fingerprint density at radius 2 is 2.15 bits per heavy atom. The third-order valence-electron chi connectivity index (χ3n) is 3.74. The van der Waals surface area contributed by atoms with Crippen LogP contribution in [0.2, 0.25) is 0 Å². The van der Waals surface area contributed by atoms with Crippen LogP contribution in [0.15, 0.2) is 24.3 Å². The van der Waals surface area contributed by atoms with Crippen molar-refractivity contribution in [3.05, 3.63) is 46.8 Å². The summed E-state index contributed by atoms with van der Waals surface area (Å²) < 4.78 is 0. The Labute approximate surface area is 118 Å². The smallest absolute Gasteiger partial charge is 0.276 e. The second kappa shape index (κ2) is 5.49. The number of carbonyl (C=O) groups is 1. The van der Waals surface area contributed by atoms with E-state index in [1.807, 2.05) is 12.1 Å². The molecule has 1 aliphatic rings. The van der Waals surface area contributed by atoms with Gasteiger partial charge in [-0.2, -0.15) is 5.10 Å². The van der Waals surface area contributed by atoms with Crippen LogP contribution in [-0.4, -0.2) is 16.1 Å². The Hall–Kier alpha value is -2.10. The molecule has 1 amide bonds. The molecule has 3 rings (SSSR count). The molecule has 2 N–H and O–H groups in total. The number of fused-ring (bicyclic) bond motifs is 1. The van der Waals surface area contributed by atoms with Gasteiger partial charge in [-0.3, -0.25) is 9.89 Å². The molecule has 4 nitrogen and oxygen atoms in total. The van der Waals surface area contributed by atoms with Gasteiger partial charge in [0, 0.05) is 11.4 Å². The number of nitrogens with zero attached hydrogens (tertiary/aromatic N) is 1. The molecule has 0 spiro atoms. The van der Waals surface area contributed by atoms with Crippen molar-refractivity contribution in [2.24, 2.45) is 0 Å². The standard InChI is InChI=1S/C16H19N3O/c1-2-4-14-10-15(19-18-14)16(20)17-13-8-7-11-5-3-6-12(11)9-13/h7-10H,2-6H2,1H3,(H,17,20)(H,18,19). The molecule has 0 fully saturated rings. The number of rotatable bonds is 4. The van der Waals surface area contributed by atoms with Crippen LogP contribution in [0.5, 0.6) is 0 Å². The highest BCUT2D eigenvalue weighted by Crippen LogP contribution is 2.25. The topological polar surface area (TPSA) is 57.8 Å². The van der Waals surface area contributed by atoms with E-state index >= 15 is 0 Å². The number of hydrogen-bond acceptors (Lipinski definition) is 2. The number of aryl methyl sites for hydroxylation is 3. The van der Waals surface area contributed by atoms with Crippen molar-refractivity contribution in [1.82, 2.24) is 10.2 Å². The van der Waals surface area contributed by atoms with Gasteiger partial charge in [-0.1, -0.05) is 19.4 Å². The summed E-state index contributed by atoms with van der Waals surface area (Å²) in [7, 11) is 0. The van der Waals surface area contributed by atoms with Crippen LogP contribution in [0, 0.1) is 0 Å². The Bertz CT molecular complexity index is 630. The van der Waals surface area contributed by atoms with Gasteiger partial charge < -0.3 is 5.32 Å². The first-order chi connectivity index (χ1) is 9.76. The first-order valence-corrected chi connectivity index (χ1v) is 7.23. The fourth-order valence-electron chi connectivity index (χ4n) is 2.72. The van der Waals surface area contributed by atoms with E-state index in [0.717, 1.165) is 37.1 Å². The quantitative estimate of drug-likeness (QED) is 0.896. The lowest BCUT2D eigenvalue weighted by Gasteiger charge is -2.05. The van der Waals surface area contributed by atoms with Crippen molar-refractivity contribution in [3.63, 3.8) is 0 Å². The molecule has 0 atom stereocenters. The summed E-state index contributed by atoms with van der Waals surface area (Å²) in [5.41, 5.74) is 5.08. The van der Waals surface area contributed by atoms with Crippen molar-refractivity contribution in [2.75, 3.05) is 5.32 Å². The van der Waals surface area contributed by atoms with Crippen molar-refractivity contribution in [1.29, 1.82) is 0 Å². The molecular formula is C16H19N3O. The predicted molar refractivity (Wildman–Crippen MR) is 79.0 cm³/mol. The molecule has 20 heavy (non-hydrogen) atoms. The van der Waals surface area contributed by atoms with Crippen LogP contribution in [0.4, 0.5) is 5.69 Å². The van der Waals surface area contributed by atoms with Crippen LogP contribution in [0.1, 0.15) is 47.1 Å². The Morgan fingerprint density at radius 1 is 1.30 bits per heavy atom. The lowest BCUT2D eigenvalue weighted by Crippen LogP contribution is -2.12. The zero-order valence-electron chi connectivity index (χ0n) is 11.7. The SMILES string of the molecule is CCCc1cc(C(=O)Nc2ccc3c(c2)CCC3)n[nH]1. The molecule has 4 heteroatoms. The van der Waals surface area contributed by atoms with Crippen LogP contribution < -0.4 is 5.32 Å². The molecule has 2 aromatic rings. The van der Waals surface area contributed by atoms with E-state index in [4.69, 9.17) is 0 Å². The highest BCUT2D eigenvalue weighted by molar-refractivity contribution is 6.02. The first-order valence-electron chi connectivity index (χ1n) is 7.23. The maximum atomic E-state index is 12.1. The van der Waals surface area contributed by atoms with Gasteiger partial charge in [0.2, 0.25) is 0 Å². The summed E-state index contributed by atoms with van der Waals surface area (Å²) in [6, 6.07) is 8.00. The monoisotopic (exact) mass is 269 g/mol. The maximum absolute atomic E-state index is 12.1. The summed E-state index contributed by atoms with van der Waals surface area (Å²) >= 11 is 0. The lowest BCUT2D eigenvalue weighted by molar-refractivity contribution is 0.102. The molecule has 1 heterocycles. The molecule has 0 aliphatic heterocycles. The van der Waals surface area contributed by atoms with E-state index in [2.05, 4.69) is 34.6 Å². The number of amides is 1. The minimum atomic E-state index is -0.151. The summed E-state index contributed by atoms with van der Waals surface area (Å²) in [6.45, 7) is 2.10. The molecule has 0 saturated heterocycles. The number of benzene rings is 1. The van der Waals surface area contributed by atoms with E-state index < -0.39 is 0 Å². The second-order valence-corrected chi connectivity index (χ2v) is 5.32. The summed E-state index contributed by atoms with van der Waals surface area (Å²) in [5, 5.41) is 9.89. The number of carbonyl (C=O) groups excluding carboxylic acids is 1. The van der Waals surface area contributed by atoms with Crippen molar-refractivity contribution < 1.29 is 4.79 Å². The summed E-state index contributed by atoms with van der Waals surface area (Å²) in [5.74, 6) is -0.151. The molecular weight excluding hydrogens is 250 g/mol. The van der Waals surface area contributed by atoms with Gasteiger partial charge in [0.15, 0.2) is 5.69 Å². The Balaban J connectivity index is 1.71. The predicted octanol–water partition coefficient (Wildman–Crippen LogP) is 3.10. The molecule has 0 saturated carbocycles. The minimum absolute atomic E-state index is 0.151. The van der Waals surface area contributed by atoms with Gasteiger partial charge >= 0.3 is 0 Å². The average Bonchev–Trinajstić information content (AvgIpc) is 3.07. The first kappa shape index (κ1) is 12.9. The third kappa shape index (κ3) is 2.59.